The molecule has 2 aromatic heterocycles. The number of fused-ring (bicyclic) bond motifs is 1. The van der Waals surface area contributed by atoms with Gasteiger partial charge in [0, 0.05) is 42.3 Å². The highest BCUT2D eigenvalue weighted by Crippen LogP contribution is 2.30. The maximum atomic E-state index is 4.90. The third-order valence-electron chi connectivity index (χ3n) is 5.65. The van der Waals surface area contributed by atoms with Crippen molar-refractivity contribution in [2.45, 2.75) is 31.8 Å². The SMILES string of the molecule is c1ccc(-n2cc(CN[C@H]3CCCc4ccccc43)c(-c3cccnc3)n2)cc1. The van der Waals surface area contributed by atoms with Crippen LogP contribution >= 0.6 is 0 Å². The summed E-state index contributed by atoms with van der Waals surface area (Å²) in [6.45, 7) is 0.774. The van der Waals surface area contributed by atoms with Crippen molar-refractivity contribution in [3.8, 4) is 16.9 Å². The number of nitrogens with zero attached hydrogens (tertiary/aromatic N) is 3. The van der Waals surface area contributed by atoms with Crippen LogP contribution in [0.2, 0.25) is 0 Å². The first kappa shape index (κ1) is 17.8. The molecule has 1 atom stereocenters. The molecule has 1 aliphatic rings. The number of para-hydroxylation sites is 1. The lowest BCUT2D eigenvalue weighted by molar-refractivity contribution is 0.459. The molecule has 0 fully saturated rings. The standard InChI is InChI=1S/C25H24N4/c1-2-11-22(12-3-1)29-18-21(25(28-29)20-10-7-15-26-16-20)17-27-24-14-6-9-19-8-4-5-13-23(19)24/h1-5,7-8,10-13,15-16,18,24,27H,6,9,14,17H2/t24-/m0/s1. The average Bonchev–Trinajstić information content (AvgIpc) is 3.23. The Kier molecular flexibility index (Phi) is 4.93. The second-order valence-electron chi connectivity index (χ2n) is 7.55. The van der Waals surface area contributed by atoms with Crippen LogP contribution in [0.5, 0.6) is 0 Å². The lowest BCUT2D eigenvalue weighted by atomic mass is 9.87. The minimum atomic E-state index is 0.391. The highest BCUT2D eigenvalue weighted by molar-refractivity contribution is 5.62. The van der Waals surface area contributed by atoms with Crippen molar-refractivity contribution in [3.05, 3.63) is 102 Å². The first-order chi connectivity index (χ1) is 14.4. The van der Waals surface area contributed by atoms with Crippen LogP contribution in [0.4, 0.5) is 0 Å². The van der Waals surface area contributed by atoms with Gasteiger partial charge in [0.05, 0.1) is 11.4 Å². The molecule has 0 bridgehead atoms. The number of nitrogens with one attached hydrogen (secondary N) is 1. The van der Waals surface area contributed by atoms with Crippen molar-refractivity contribution in [2.24, 2.45) is 0 Å². The van der Waals surface area contributed by atoms with Gasteiger partial charge in [-0.3, -0.25) is 4.98 Å². The Bertz CT molecular complexity index is 1090. The summed E-state index contributed by atoms with van der Waals surface area (Å²) in [6.07, 6.45) is 9.41. The lowest BCUT2D eigenvalue weighted by Crippen LogP contribution is -2.24. The first-order valence-electron chi connectivity index (χ1n) is 10.2. The van der Waals surface area contributed by atoms with E-state index < -0.39 is 0 Å². The fourth-order valence-electron chi connectivity index (χ4n) is 4.20. The van der Waals surface area contributed by atoms with Crippen molar-refractivity contribution in [2.75, 3.05) is 0 Å². The van der Waals surface area contributed by atoms with E-state index in [1.807, 2.05) is 35.1 Å². The van der Waals surface area contributed by atoms with Gasteiger partial charge < -0.3 is 5.32 Å². The molecule has 0 spiro atoms. The number of rotatable bonds is 5. The molecule has 1 aliphatic carbocycles. The van der Waals surface area contributed by atoms with E-state index in [-0.39, 0.29) is 0 Å². The highest BCUT2D eigenvalue weighted by Gasteiger charge is 2.20. The summed E-state index contributed by atoms with van der Waals surface area (Å²) >= 11 is 0. The summed E-state index contributed by atoms with van der Waals surface area (Å²) in [5, 5.41) is 8.69. The van der Waals surface area contributed by atoms with E-state index in [0.717, 1.165) is 23.5 Å². The minimum Gasteiger partial charge on any atom is -0.306 e. The summed E-state index contributed by atoms with van der Waals surface area (Å²) in [5.41, 5.74) is 7.19. The van der Waals surface area contributed by atoms with Gasteiger partial charge in [0.15, 0.2) is 0 Å². The molecule has 144 valence electrons. The number of hydrogen-bond donors (Lipinski definition) is 1. The van der Waals surface area contributed by atoms with Gasteiger partial charge in [-0.25, -0.2) is 4.68 Å². The van der Waals surface area contributed by atoms with Crippen molar-refractivity contribution in [1.29, 1.82) is 0 Å². The quantitative estimate of drug-likeness (QED) is 0.524. The third-order valence-corrected chi connectivity index (χ3v) is 5.65. The number of benzene rings is 2. The van der Waals surface area contributed by atoms with E-state index in [4.69, 9.17) is 5.10 Å². The molecule has 0 saturated carbocycles. The molecular weight excluding hydrogens is 356 g/mol. The predicted octanol–water partition coefficient (Wildman–Crippen LogP) is 5.10. The Morgan fingerprint density at radius 3 is 2.69 bits per heavy atom. The van der Waals surface area contributed by atoms with Gasteiger partial charge in [-0.2, -0.15) is 5.10 Å². The van der Waals surface area contributed by atoms with Crippen LogP contribution in [0, 0.1) is 0 Å². The van der Waals surface area contributed by atoms with Gasteiger partial charge in [-0.15, -0.1) is 0 Å². The van der Waals surface area contributed by atoms with Gasteiger partial charge in [0.25, 0.3) is 0 Å². The minimum absolute atomic E-state index is 0.391. The number of aromatic nitrogens is 3. The number of aryl methyl sites for hydroxylation is 1. The summed E-state index contributed by atoms with van der Waals surface area (Å²) in [5.74, 6) is 0. The molecule has 0 saturated heterocycles. The smallest absolute Gasteiger partial charge is 0.0988 e. The largest absolute Gasteiger partial charge is 0.306 e. The Morgan fingerprint density at radius 1 is 0.966 bits per heavy atom. The summed E-state index contributed by atoms with van der Waals surface area (Å²) in [4.78, 5) is 4.29. The Morgan fingerprint density at radius 2 is 1.83 bits per heavy atom. The molecule has 5 rings (SSSR count). The van der Waals surface area contributed by atoms with Crippen LogP contribution in [0.15, 0.2) is 85.3 Å². The van der Waals surface area contributed by atoms with Crippen molar-refractivity contribution in [1.82, 2.24) is 20.1 Å². The van der Waals surface area contributed by atoms with Crippen LogP contribution in [-0.2, 0) is 13.0 Å². The van der Waals surface area contributed by atoms with Crippen molar-refractivity contribution in [3.63, 3.8) is 0 Å². The molecule has 29 heavy (non-hydrogen) atoms. The van der Waals surface area contributed by atoms with Gasteiger partial charge in [-0.1, -0.05) is 42.5 Å². The Labute approximate surface area is 171 Å². The molecular formula is C25H24N4. The lowest BCUT2D eigenvalue weighted by Gasteiger charge is -2.26. The predicted molar refractivity (Wildman–Crippen MR) is 116 cm³/mol. The van der Waals surface area contributed by atoms with E-state index in [2.05, 4.69) is 59.0 Å². The molecule has 0 unspecified atom stereocenters. The van der Waals surface area contributed by atoms with Crippen LogP contribution in [0.1, 0.15) is 35.6 Å². The molecule has 0 radical (unpaired) electrons. The van der Waals surface area contributed by atoms with Crippen LogP contribution in [-0.4, -0.2) is 14.8 Å². The van der Waals surface area contributed by atoms with Crippen LogP contribution in [0.3, 0.4) is 0 Å². The molecule has 0 amide bonds. The maximum absolute atomic E-state index is 4.90. The molecule has 2 aromatic carbocycles. The van der Waals surface area contributed by atoms with E-state index >= 15 is 0 Å². The molecule has 4 nitrogen and oxygen atoms in total. The zero-order valence-corrected chi connectivity index (χ0v) is 16.3. The number of pyridine rings is 1. The van der Waals surface area contributed by atoms with Gasteiger partial charge in [0.2, 0.25) is 0 Å². The number of hydrogen-bond acceptors (Lipinski definition) is 3. The fourth-order valence-corrected chi connectivity index (χ4v) is 4.20. The summed E-state index contributed by atoms with van der Waals surface area (Å²) in [6, 6.07) is 23.5. The van der Waals surface area contributed by atoms with Gasteiger partial charge in [0.1, 0.15) is 0 Å². The van der Waals surface area contributed by atoms with Gasteiger partial charge >= 0.3 is 0 Å². The van der Waals surface area contributed by atoms with Gasteiger partial charge in [-0.05, 0) is 54.7 Å². The zero-order valence-electron chi connectivity index (χ0n) is 16.3. The van der Waals surface area contributed by atoms with Crippen molar-refractivity contribution < 1.29 is 0 Å². The second-order valence-corrected chi connectivity index (χ2v) is 7.55. The zero-order chi connectivity index (χ0) is 19.5. The van der Waals surface area contributed by atoms with E-state index in [0.29, 0.717) is 6.04 Å². The highest BCUT2D eigenvalue weighted by atomic mass is 15.3. The summed E-state index contributed by atoms with van der Waals surface area (Å²) < 4.78 is 1.97. The molecule has 4 aromatic rings. The normalized spacial score (nSPS) is 15.8. The Hall–Kier alpha value is -3.24. The molecule has 1 N–H and O–H groups in total. The third kappa shape index (κ3) is 3.71. The van der Waals surface area contributed by atoms with Crippen LogP contribution < -0.4 is 5.32 Å². The first-order valence-corrected chi connectivity index (χ1v) is 10.2. The maximum Gasteiger partial charge on any atom is 0.0988 e. The van der Waals surface area contributed by atoms with E-state index in [9.17, 15) is 0 Å². The van der Waals surface area contributed by atoms with Crippen molar-refractivity contribution >= 4 is 0 Å². The monoisotopic (exact) mass is 380 g/mol. The molecule has 0 aliphatic heterocycles. The fraction of sp³-hybridized carbons (Fsp3) is 0.200. The second kappa shape index (κ2) is 8.02. The average molecular weight is 380 g/mol. The van der Waals surface area contributed by atoms with Crippen LogP contribution in [0.25, 0.3) is 16.9 Å². The summed E-state index contributed by atoms with van der Waals surface area (Å²) in [7, 11) is 0. The van der Waals surface area contributed by atoms with E-state index in [1.54, 1.807) is 6.20 Å². The van der Waals surface area contributed by atoms with E-state index in [1.165, 1.54) is 36.0 Å². The molecule has 2 heterocycles. The Balaban J connectivity index is 1.46. The topological polar surface area (TPSA) is 42.7 Å². The molecule has 4 heteroatoms.